The fourth-order valence-electron chi connectivity index (χ4n) is 5.07. The van der Waals surface area contributed by atoms with Gasteiger partial charge in [0.15, 0.2) is 0 Å². The minimum Gasteiger partial charge on any atom is -0.396 e. The number of halogens is 2. The molecule has 0 radical (unpaired) electrons. The van der Waals surface area contributed by atoms with E-state index in [1.165, 1.54) is 5.56 Å². The predicted molar refractivity (Wildman–Crippen MR) is 132 cm³/mol. The molecule has 4 rings (SSSR count). The summed E-state index contributed by atoms with van der Waals surface area (Å²) in [6, 6.07) is 7.93. The van der Waals surface area contributed by atoms with Crippen molar-refractivity contribution in [3.05, 3.63) is 61.9 Å². The number of carbonyl (C=O) groups excluding carboxylic acids is 1. The first kappa shape index (κ1) is 23.9. The van der Waals surface area contributed by atoms with Crippen LogP contribution in [-0.4, -0.2) is 40.2 Å². The highest BCUT2D eigenvalue weighted by Crippen LogP contribution is 2.37. The maximum Gasteiger partial charge on any atom is 0.255 e. The molecular formula is C26H29Cl2N3O2. The molecule has 5 nitrogen and oxygen atoms in total. The number of carbonyl (C=O) groups is 1. The van der Waals surface area contributed by atoms with Crippen LogP contribution in [0.25, 0.3) is 6.08 Å². The van der Waals surface area contributed by atoms with Gasteiger partial charge < -0.3 is 14.6 Å². The number of piperidine rings is 1. The van der Waals surface area contributed by atoms with Crippen molar-refractivity contribution >= 4 is 35.2 Å². The average molecular weight is 486 g/mol. The van der Waals surface area contributed by atoms with Crippen LogP contribution in [0.2, 0.25) is 10.0 Å². The van der Waals surface area contributed by atoms with E-state index in [1.54, 1.807) is 12.1 Å². The normalized spacial score (nSPS) is 18.6. The minimum absolute atomic E-state index is 0.0678. The van der Waals surface area contributed by atoms with Gasteiger partial charge in [-0.05, 0) is 72.9 Å². The number of nitriles is 1. The number of fused-ring (bicyclic) bond motifs is 1. The van der Waals surface area contributed by atoms with Crippen molar-refractivity contribution < 1.29 is 9.90 Å². The zero-order valence-electron chi connectivity index (χ0n) is 19.1. The second-order valence-electron chi connectivity index (χ2n) is 9.23. The molecule has 2 aliphatic rings. The second kappa shape index (κ2) is 9.93. The zero-order chi connectivity index (χ0) is 23.7. The maximum atomic E-state index is 13.2. The Hall–Kier alpha value is -2.26. The van der Waals surface area contributed by atoms with E-state index in [1.807, 2.05) is 18.0 Å². The summed E-state index contributed by atoms with van der Waals surface area (Å²) in [7, 11) is 1.99. The van der Waals surface area contributed by atoms with E-state index >= 15 is 0 Å². The second-order valence-corrected chi connectivity index (χ2v) is 10.0. The van der Waals surface area contributed by atoms with Crippen molar-refractivity contribution in [1.29, 1.82) is 5.26 Å². The zero-order valence-corrected chi connectivity index (χ0v) is 20.6. The molecule has 2 aromatic rings. The fraction of sp³-hybridized carbons (Fsp3) is 0.462. The summed E-state index contributed by atoms with van der Waals surface area (Å²) < 4.78 is 2.09. The largest absolute Gasteiger partial charge is 0.396 e. The van der Waals surface area contributed by atoms with Crippen molar-refractivity contribution in [2.24, 2.45) is 13.0 Å². The maximum absolute atomic E-state index is 13.2. The van der Waals surface area contributed by atoms with Gasteiger partial charge in [0, 0.05) is 55.1 Å². The third-order valence-corrected chi connectivity index (χ3v) is 7.92. The summed E-state index contributed by atoms with van der Waals surface area (Å²) in [6.45, 7) is 3.68. The molecule has 2 heterocycles. The number of aromatic nitrogens is 1. The Balaban J connectivity index is 1.60. The lowest BCUT2D eigenvalue weighted by Crippen LogP contribution is -2.38. The van der Waals surface area contributed by atoms with E-state index in [2.05, 4.69) is 23.6 Å². The number of aliphatic hydroxyl groups is 1. The lowest BCUT2D eigenvalue weighted by atomic mass is 9.88. The monoisotopic (exact) mass is 485 g/mol. The van der Waals surface area contributed by atoms with Crippen LogP contribution >= 0.6 is 23.2 Å². The Kier molecular flexibility index (Phi) is 7.19. The van der Waals surface area contributed by atoms with Crippen LogP contribution in [0.15, 0.2) is 23.8 Å². The van der Waals surface area contributed by atoms with Gasteiger partial charge in [0.2, 0.25) is 0 Å². The molecule has 1 aromatic heterocycles. The van der Waals surface area contributed by atoms with E-state index in [9.17, 15) is 10.1 Å². The molecule has 1 atom stereocenters. The van der Waals surface area contributed by atoms with E-state index in [0.717, 1.165) is 48.2 Å². The molecule has 174 valence electrons. The standard InChI is InChI=1S/C26H29Cl2N3O2/c1-16-11-18(15-29)12-24-21(16)13-19(30(24)2)14-22-23(27)4-3-20(25(22)28)26(33)31-8-5-17(6-9-31)7-10-32/h3-4,12-13,16-17,32H,5-11,14H2,1-2H3. The van der Waals surface area contributed by atoms with Crippen molar-refractivity contribution in [3.63, 3.8) is 0 Å². The highest BCUT2D eigenvalue weighted by molar-refractivity contribution is 6.38. The Morgan fingerprint density at radius 3 is 2.67 bits per heavy atom. The van der Waals surface area contributed by atoms with Crippen LogP contribution in [0.1, 0.15) is 71.4 Å². The van der Waals surface area contributed by atoms with E-state index in [0.29, 0.717) is 41.0 Å². The number of benzene rings is 1. The molecule has 33 heavy (non-hydrogen) atoms. The first-order valence-electron chi connectivity index (χ1n) is 11.5. The predicted octanol–water partition coefficient (Wildman–Crippen LogP) is 5.57. The summed E-state index contributed by atoms with van der Waals surface area (Å²) in [5.41, 5.74) is 5.32. The number of rotatable bonds is 5. The Labute approximate surface area is 205 Å². The van der Waals surface area contributed by atoms with Crippen molar-refractivity contribution in [2.75, 3.05) is 19.7 Å². The highest BCUT2D eigenvalue weighted by atomic mass is 35.5. The van der Waals surface area contributed by atoms with Crippen molar-refractivity contribution in [1.82, 2.24) is 9.47 Å². The Morgan fingerprint density at radius 1 is 1.27 bits per heavy atom. The van der Waals surface area contributed by atoms with E-state index in [-0.39, 0.29) is 18.4 Å². The minimum atomic E-state index is -0.0678. The molecule has 1 aromatic carbocycles. The summed E-state index contributed by atoms with van der Waals surface area (Å²) in [4.78, 5) is 15.1. The molecule has 1 fully saturated rings. The molecule has 1 aliphatic heterocycles. The number of likely N-dealkylation sites (tertiary alicyclic amines) is 1. The van der Waals surface area contributed by atoms with Crippen molar-refractivity contribution in [3.8, 4) is 6.07 Å². The van der Waals surface area contributed by atoms with Gasteiger partial charge in [-0.3, -0.25) is 4.79 Å². The van der Waals surface area contributed by atoms with Crippen molar-refractivity contribution in [2.45, 2.75) is 44.9 Å². The van der Waals surface area contributed by atoms with Gasteiger partial charge >= 0.3 is 0 Å². The summed E-state index contributed by atoms with van der Waals surface area (Å²) >= 11 is 13.3. The number of amides is 1. The third-order valence-electron chi connectivity index (χ3n) is 7.14. The number of nitrogens with zero attached hydrogens (tertiary/aromatic N) is 3. The van der Waals surface area contributed by atoms with Crippen LogP contribution in [0, 0.1) is 17.2 Å². The first-order valence-corrected chi connectivity index (χ1v) is 12.3. The quantitative estimate of drug-likeness (QED) is 0.601. The molecule has 1 amide bonds. The van der Waals surface area contributed by atoms with Gasteiger partial charge in [0.25, 0.3) is 5.91 Å². The van der Waals surface area contributed by atoms with Crippen LogP contribution in [0.4, 0.5) is 0 Å². The van der Waals surface area contributed by atoms with Gasteiger partial charge in [-0.1, -0.05) is 30.1 Å². The fourth-order valence-corrected chi connectivity index (χ4v) is 5.65. The summed E-state index contributed by atoms with van der Waals surface area (Å²) in [6.07, 6.45) is 5.79. The molecule has 1 unspecified atom stereocenters. The molecule has 7 heteroatoms. The molecule has 0 spiro atoms. The smallest absolute Gasteiger partial charge is 0.255 e. The van der Waals surface area contributed by atoms with Crippen LogP contribution in [0.3, 0.4) is 0 Å². The number of hydrogen-bond acceptors (Lipinski definition) is 3. The highest BCUT2D eigenvalue weighted by Gasteiger charge is 2.27. The topological polar surface area (TPSA) is 69.3 Å². The van der Waals surface area contributed by atoms with Gasteiger partial charge in [0.1, 0.15) is 0 Å². The lowest BCUT2D eigenvalue weighted by molar-refractivity contribution is 0.0678. The van der Waals surface area contributed by atoms with Gasteiger partial charge in [-0.25, -0.2) is 0 Å². The van der Waals surface area contributed by atoms with E-state index in [4.69, 9.17) is 28.3 Å². The first-order chi connectivity index (χ1) is 15.8. The Bertz CT molecular complexity index is 1140. The molecule has 1 aliphatic carbocycles. The Morgan fingerprint density at radius 2 is 2.00 bits per heavy atom. The van der Waals surface area contributed by atoms with Gasteiger partial charge in [-0.2, -0.15) is 5.26 Å². The molecule has 0 saturated carbocycles. The molecule has 1 saturated heterocycles. The third kappa shape index (κ3) is 4.71. The number of allylic oxidation sites excluding steroid dienone is 1. The van der Waals surface area contributed by atoms with E-state index < -0.39 is 0 Å². The number of aliphatic hydroxyl groups excluding tert-OH is 1. The van der Waals surface area contributed by atoms with Gasteiger partial charge in [-0.15, -0.1) is 0 Å². The molecule has 0 bridgehead atoms. The molecule has 1 N–H and O–H groups in total. The van der Waals surface area contributed by atoms with Crippen LogP contribution < -0.4 is 0 Å². The summed E-state index contributed by atoms with van der Waals surface area (Å²) in [5.74, 6) is 0.672. The SMILES string of the molecule is CC1CC(C#N)=Cc2c1cc(Cc1c(Cl)ccc(C(=O)N3CCC(CCO)CC3)c1Cl)n2C. The molecular weight excluding hydrogens is 457 g/mol. The van der Waals surface area contributed by atoms with Crippen LogP contribution in [0.5, 0.6) is 0 Å². The summed E-state index contributed by atoms with van der Waals surface area (Å²) in [5, 5.41) is 19.5. The lowest BCUT2D eigenvalue weighted by Gasteiger charge is -2.32. The number of hydrogen-bond donors (Lipinski definition) is 1. The van der Waals surface area contributed by atoms with Crippen LogP contribution in [-0.2, 0) is 13.5 Å². The average Bonchev–Trinajstić information content (AvgIpc) is 3.13. The van der Waals surface area contributed by atoms with Gasteiger partial charge in [0.05, 0.1) is 16.7 Å².